The van der Waals surface area contributed by atoms with Crippen molar-refractivity contribution in [1.29, 1.82) is 0 Å². The summed E-state index contributed by atoms with van der Waals surface area (Å²) in [5.74, 6) is -1.43. The lowest BCUT2D eigenvalue weighted by atomic mass is 9.97. The predicted octanol–water partition coefficient (Wildman–Crippen LogP) is 2.82. The summed E-state index contributed by atoms with van der Waals surface area (Å²) in [4.78, 5) is 47.3. The number of nitrogens with one attached hydrogen (secondary N) is 1. The second-order valence-corrected chi connectivity index (χ2v) is 8.91. The summed E-state index contributed by atoms with van der Waals surface area (Å²) in [5.41, 5.74) is 0. The molecule has 2 aromatic carbocycles. The molecule has 1 heterocycles. The third-order valence-corrected chi connectivity index (χ3v) is 5.45. The Hall–Kier alpha value is -4.23. The molecule has 12 nitrogen and oxygen atoms in total. The van der Waals surface area contributed by atoms with Crippen LogP contribution in [0.25, 0.3) is 0 Å². The summed E-state index contributed by atoms with van der Waals surface area (Å²) in [6.07, 6.45) is -6.37. The SMILES string of the molecule is CC(=O)OC[C@@H]1O[C@H](NC(=S)Oc2cccc(Oc3ccccc3)c2)[C@H](OC(C)=O)[C@H](OC(C)=O)[C@@H]1OC(C)=O. The fraction of sp³-hybridized carbons (Fsp3) is 0.370. The van der Waals surface area contributed by atoms with Crippen LogP contribution in [0.5, 0.6) is 17.2 Å². The number of para-hydroxylation sites is 1. The van der Waals surface area contributed by atoms with Crippen molar-refractivity contribution in [1.82, 2.24) is 5.32 Å². The Labute approximate surface area is 235 Å². The van der Waals surface area contributed by atoms with Gasteiger partial charge in [-0.25, -0.2) is 0 Å². The summed E-state index contributed by atoms with van der Waals surface area (Å²) in [7, 11) is 0. The van der Waals surface area contributed by atoms with Gasteiger partial charge in [0.25, 0.3) is 5.17 Å². The Morgan fingerprint density at radius 3 is 1.95 bits per heavy atom. The third kappa shape index (κ3) is 9.20. The molecule has 0 aromatic heterocycles. The van der Waals surface area contributed by atoms with Gasteiger partial charge in [0, 0.05) is 33.8 Å². The molecule has 1 aliphatic heterocycles. The molecule has 0 bridgehead atoms. The molecule has 5 atom stereocenters. The molecule has 0 unspecified atom stereocenters. The van der Waals surface area contributed by atoms with Crippen molar-refractivity contribution in [2.75, 3.05) is 6.61 Å². The number of hydrogen-bond acceptors (Lipinski definition) is 12. The van der Waals surface area contributed by atoms with E-state index in [1.807, 2.05) is 18.2 Å². The van der Waals surface area contributed by atoms with Crippen LogP contribution in [0.3, 0.4) is 0 Å². The largest absolute Gasteiger partial charge is 0.463 e. The Bertz CT molecular complexity index is 1220. The van der Waals surface area contributed by atoms with Crippen molar-refractivity contribution in [3.63, 3.8) is 0 Å². The second-order valence-electron chi connectivity index (χ2n) is 8.54. The fourth-order valence-electron chi connectivity index (χ4n) is 3.82. The molecule has 1 aliphatic rings. The van der Waals surface area contributed by atoms with Crippen LogP contribution in [0.2, 0.25) is 0 Å². The maximum Gasteiger partial charge on any atom is 0.303 e. The maximum absolute atomic E-state index is 12.0. The van der Waals surface area contributed by atoms with E-state index in [0.29, 0.717) is 17.2 Å². The molecule has 3 rings (SSSR count). The van der Waals surface area contributed by atoms with E-state index in [-0.39, 0.29) is 11.8 Å². The number of ether oxygens (including phenoxy) is 7. The van der Waals surface area contributed by atoms with Crippen LogP contribution in [0, 0.1) is 0 Å². The average molecular weight is 576 g/mol. The van der Waals surface area contributed by atoms with E-state index >= 15 is 0 Å². The van der Waals surface area contributed by atoms with Crippen LogP contribution in [0.4, 0.5) is 0 Å². The van der Waals surface area contributed by atoms with E-state index < -0.39 is 54.5 Å². The lowest BCUT2D eigenvalue weighted by Gasteiger charge is -2.44. The minimum absolute atomic E-state index is 0.197. The van der Waals surface area contributed by atoms with Gasteiger partial charge in [0.2, 0.25) is 0 Å². The third-order valence-electron chi connectivity index (χ3n) is 5.25. The second kappa shape index (κ2) is 14.2. The van der Waals surface area contributed by atoms with Crippen molar-refractivity contribution in [2.24, 2.45) is 0 Å². The number of rotatable bonds is 9. The van der Waals surface area contributed by atoms with Gasteiger partial charge in [0.15, 0.2) is 24.5 Å². The molecule has 1 fully saturated rings. The molecular formula is C27H29NO11S. The number of carbonyl (C=O) groups excluding carboxylic acids is 4. The van der Waals surface area contributed by atoms with Gasteiger partial charge in [0.1, 0.15) is 30.0 Å². The molecule has 2 aromatic rings. The van der Waals surface area contributed by atoms with Gasteiger partial charge in [-0.15, -0.1) is 0 Å². The Balaban J connectivity index is 1.83. The number of carbonyl (C=O) groups is 4. The summed E-state index contributed by atoms with van der Waals surface area (Å²) in [6.45, 7) is 4.22. The van der Waals surface area contributed by atoms with Crippen LogP contribution in [-0.4, -0.2) is 66.3 Å². The lowest BCUT2D eigenvalue weighted by molar-refractivity contribution is -0.255. The fourth-order valence-corrected chi connectivity index (χ4v) is 4.04. The topological polar surface area (TPSA) is 145 Å². The molecule has 214 valence electrons. The number of benzene rings is 2. The molecule has 1 N–H and O–H groups in total. The maximum atomic E-state index is 12.0. The van der Waals surface area contributed by atoms with Gasteiger partial charge in [-0.3, -0.25) is 19.2 Å². The van der Waals surface area contributed by atoms with Crippen LogP contribution in [-0.2, 0) is 42.9 Å². The lowest BCUT2D eigenvalue weighted by Crippen LogP contribution is -2.66. The van der Waals surface area contributed by atoms with E-state index in [1.54, 1.807) is 36.4 Å². The number of esters is 4. The zero-order chi connectivity index (χ0) is 29.2. The van der Waals surface area contributed by atoms with Gasteiger partial charge < -0.3 is 38.5 Å². The minimum Gasteiger partial charge on any atom is -0.463 e. The standard InChI is InChI=1S/C27H29NO11S/c1-15(29)33-14-22-23(34-16(2)30)24(35-17(3)31)25(36-18(4)32)26(39-22)28-27(40)38-21-12-8-11-20(13-21)37-19-9-6-5-7-10-19/h5-13,22-26H,14H2,1-4H3,(H,28,40)/t22-,23+,24+,25+,26-/m0/s1. The van der Waals surface area contributed by atoms with E-state index in [4.69, 9.17) is 45.4 Å². The number of thiocarbonyl (C=S) groups is 1. The molecule has 13 heteroatoms. The smallest absolute Gasteiger partial charge is 0.303 e. The Morgan fingerprint density at radius 1 is 0.750 bits per heavy atom. The highest BCUT2D eigenvalue weighted by molar-refractivity contribution is 7.80. The zero-order valence-corrected chi connectivity index (χ0v) is 23.0. The van der Waals surface area contributed by atoms with Gasteiger partial charge in [-0.1, -0.05) is 24.3 Å². The van der Waals surface area contributed by atoms with Gasteiger partial charge in [-0.05, 0) is 36.5 Å². The highest BCUT2D eigenvalue weighted by atomic mass is 32.1. The van der Waals surface area contributed by atoms with Gasteiger partial charge in [-0.2, -0.15) is 0 Å². The van der Waals surface area contributed by atoms with Crippen molar-refractivity contribution in [2.45, 2.75) is 58.3 Å². The summed E-state index contributed by atoms with van der Waals surface area (Å²) in [6, 6.07) is 15.8. The molecule has 0 spiro atoms. The quantitative estimate of drug-likeness (QED) is 0.266. The first-order valence-corrected chi connectivity index (χ1v) is 12.5. The van der Waals surface area contributed by atoms with Crippen molar-refractivity contribution in [3.05, 3.63) is 54.6 Å². The summed E-state index contributed by atoms with van der Waals surface area (Å²) >= 11 is 5.35. The molecule has 0 aliphatic carbocycles. The van der Waals surface area contributed by atoms with Crippen molar-refractivity contribution in [3.8, 4) is 17.2 Å². The first-order chi connectivity index (χ1) is 19.0. The Morgan fingerprint density at radius 2 is 1.32 bits per heavy atom. The van der Waals surface area contributed by atoms with E-state index in [1.165, 1.54) is 6.92 Å². The van der Waals surface area contributed by atoms with Crippen LogP contribution in [0.15, 0.2) is 54.6 Å². The molecule has 1 saturated heterocycles. The van der Waals surface area contributed by atoms with E-state index in [9.17, 15) is 19.2 Å². The average Bonchev–Trinajstić information content (AvgIpc) is 2.86. The number of hydrogen-bond donors (Lipinski definition) is 1. The zero-order valence-electron chi connectivity index (χ0n) is 22.2. The summed E-state index contributed by atoms with van der Waals surface area (Å²) < 4.78 is 38.7. The molecule has 0 radical (unpaired) electrons. The van der Waals surface area contributed by atoms with Crippen molar-refractivity contribution < 1.29 is 52.3 Å². The Kier molecular flexibility index (Phi) is 10.8. The predicted molar refractivity (Wildman–Crippen MR) is 141 cm³/mol. The first-order valence-electron chi connectivity index (χ1n) is 12.1. The molecular weight excluding hydrogens is 546 g/mol. The van der Waals surface area contributed by atoms with E-state index in [2.05, 4.69) is 5.32 Å². The van der Waals surface area contributed by atoms with E-state index in [0.717, 1.165) is 20.8 Å². The molecule has 0 saturated carbocycles. The monoisotopic (exact) mass is 575 g/mol. The van der Waals surface area contributed by atoms with Crippen LogP contribution in [0.1, 0.15) is 27.7 Å². The van der Waals surface area contributed by atoms with Gasteiger partial charge in [0.05, 0.1) is 0 Å². The normalized spacial score (nSPS) is 21.8. The van der Waals surface area contributed by atoms with Crippen molar-refractivity contribution >= 4 is 41.3 Å². The molecule has 40 heavy (non-hydrogen) atoms. The van der Waals surface area contributed by atoms with Crippen LogP contribution < -0.4 is 14.8 Å². The minimum atomic E-state index is -1.34. The first kappa shape index (κ1) is 30.3. The summed E-state index contributed by atoms with van der Waals surface area (Å²) in [5, 5.41) is 2.59. The highest BCUT2D eigenvalue weighted by Gasteiger charge is 2.52. The van der Waals surface area contributed by atoms with Crippen LogP contribution >= 0.6 is 12.2 Å². The highest BCUT2D eigenvalue weighted by Crippen LogP contribution is 2.29. The molecule has 0 amide bonds. The van der Waals surface area contributed by atoms with Gasteiger partial charge >= 0.3 is 23.9 Å².